The van der Waals surface area contributed by atoms with Gasteiger partial charge in [0.25, 0.3) is 0 Å². The van der Waals surface area contributed by atoms with Crippen LogP contribution in [0, 0.1) is 0 Å². The van der Waals surface area contributed by atoms with E-state index in [-0.39, 0.29) is 22.4 Å². The van der Waals surface area contributed by atoms with Gasteiger partial charge in [-0.1, -0.05) is 18.2 Å². The van der Waals surface area contributed by atoms with E-state index in [1.54, 1.807) is 63.2 Å². The summed E-state index contributed by atoms with van der Waals surface area (Å²) in [4.78, 5) is 27.5. The Morgan fingerprint density at radius 3 is 2.07 bits per heavy atom. The normalized spacial score (nSPS) is 11.1. The molecule has 0 radical (unpaired) electrons. The maximum Gasteiger partial charge on any atom is 0.339 e. The molecule has 0 bridgehead atoms. The van der Waals surface area contributed by atoms with E-state index < -0.39 is 17.4 Å². The molecule has 1 N–H and O–H groups in total. The number of ketones is 1. The Hall–Kier alpha value is -2.82. The fraction of sp³-hybridized carbons (Fsp3) is 0.364. The molecule has 2 aromatic carbocycles. The van der Waals surface area contributed by atoms with E-state index in [0.29, 0.717) is 0 Å². The van der Waals surface area contributed by atoms with Gasteiger partial charge in [0.1, 0.15) is 11.4 Å². The van der Waals surface area contributed by atoms with Crippen LogP contribution >= 0.6 is 0 Å². The first-order chi connectivity index (χ1) is 12.7. The fourth-order valence-corrected chi connectivity index (χ4v) is 2.83. The summed E-state index contributed by atoms with van der Waals surface area (Å²) < 4.78 is 5.40. The van der Waals surface area contributed by atoms with Gasteiger partial charge in [-0.25, -0.2) is 4.79 Å². The number of hydrogen-bond donors (Lipinski definition) is 1. The highest BCUT2D eigenvalue weighted by Gasteiger charge is 2.24. The highest BCUT2D eigenvalue weighted by atomic mass is 16.6. The van der Waals surface area contributed by atoms with Crippen molar-refractivity contribution in [2.75, 3.05) is 18.0 Å². The number of rotatable bonds is 6. The van der Waals surface area contributed by atoms with Gasteiger partial charge >= 0.3 is 5.97 Å². The third kappa shape index (κ3) is 4.88. The molecule has 5 heteroatoms. The number of hydrogen-bond acceptors (Lipinski definition) is 5. The van der Waals surface area contributed by atoms with E-state index in [0.717, 1.165) is 18.8 Å². The molecule has 0 spiro atoms. The van der Waals surface area contributed by atoms with Gasteiger partial charge in [0.2, 0.25) is 0 Å². The number of ether oxygens (including phenoxy) is 1. The Labute approximate surface area is 160 Å². The predicted molar refractivity (Wildman–Crippen MR) is 107 cm³/mol. The minimum Gasteiger partial charge on any atom is -0.507 e. The first-order valence-corrected chi connectivity index (χ1v) is 9.13. The lowest BCUT2D eigenvalue weighted by Gasteiger charge is -2.22. The minimum atomic E-state index is -0.666. The van der Waals surface area contributed by atoms with Crippen molar-refractivity contribution in [3.05, 3.63) is 59.2 Å². The zero-order valence-corrected chi connectivity index (χ0v) is 16.6. The monoisotopic (exact) mass is 369 g/mol. The van der Waals surface area contributed by atoms with Crippen LogP contribution < -0.4 is 4.90 Å². The largest absolute Gasteiger partial charge is 0.507 e. The lowest BCUT2D eigenvalue weighted by atomic mass is 9.97. The average Bonchev–Trinajstić information content (AvgIpc) is 2.61. The number of nitrogens with zero attached hydrogens (tertiary/aromatic N) is 1. The number of phenolic OH excluding ortho intramolecular Hbond substituents is 1. The van der Waals surface area contributed by atoms with E-state index in [1.807, 2.05) is 13.8 Å². The van der Waals surface area contributed by atoms with Gasteiger partial charge in [0.05, 0.1) is 11.1 Å². The van der Waals surface area contributed by atoms with Crippen LogP contribution in [0.3, 0.4) is 0 Å². The molecule has 0 aliphatic rings. The molecule has 0 aromatic heterocycles. The first kappa shape index (κ1) is 20.5. The predicted octanol–water partition coefficient (Wildman–Crippen LogP) is 4.42. The summed E-state index contributed by atoms with van der Waals surface area (Å²) >= 11 is 0. The van der Waals surface area contributed by atoms with Gasteiger partial charge < -0.3 is 14.7 Å². The van der Waals surface area contributed by atoms with Crippen molar-refractivity contribution >= 4 is 17.4 Å². The van der Waals surface area contributed by atoms with Crippen molar-refractivity contribution < 1.29 is 19.4 Å². The van der Waals surface area contributed by atoms with Crippen molar-refractivity contribution in [3.63, 3.8) is 0 Å². The zero-order valence-electron chi connectivity index (χ0n) is 16.6. The standard InChI is InChI=1S/C22H27NO4/c1-6-23(7-2)15-12-13-18(19(24)14-15)20(25)16-10-8-9-11-17(16)21(26)27-22(3,4)5/h8-14,24H,6-7H2,1-5H3. The van der Waals surface area contributed by atoms with Gasteiger partial charge in [-0.2, -0.15) is 0 Å². The van der Waals surface area contributed by atoms with E-state index in [1.165, 1.54) is 0 Å². The van der Waals surface area contributed by atoms with Gasteiger partial charge in [-0.3, -0.25) is 4.79 Å². The Bertz CT molecular complexity index is 832. The number of anilines is 1. The summed E-state index contributed by atoms with van der Waals surface area (Å²) in [5, 5.41) is 10.4. The summed E-state index contributed by atoms with van der Waals surface area (Å²) in [5.41, 5.74) is 0.722. The molecule has 0 heterocycles. The molecule has 5 nitrogen and oxygen atoms in total. The van der Waals surface area contributed by atoms with Crippen LogP contribution in [0.5, 0.6) is 5.75 Å². The third-order valence-corrected chi connectivity index (χ3v) is 4.15. The second-order valence-corrected chi connectivity index (χ2v) is 7.25. The van der Waals surface area contributed by atoms with Crippen molar-refractivity contribution in [1.82, 2.24) is 0 Å². The van der Waals surface area contributed by atoms with E-state index in [4.69, 9.17) is 4.74 Å². The van der Waals surface area contributed by atoms with Crippen molar-refractivity contribution in [3.8, 4) is 5.75 Å². The molecule has 0 unspecified atom stereocenters. The van der Waals surface area contributed by atoms with Crippen molar-refractivity contribution in [1.29, 1.82) is 0 Å². The molecule has 0 saturated carbocycles. The smallest absolute Gasteiger partial charge is 0.339 e. The highest BCUT2D eigenvalue weighted by molar-refractivity contribution is 6.15. The van der Waals surface area contributed by atoms with Crippen LogP contribution in [0.2, 0.25) is 0 Å². The summed E-state index contributed by atoms with van der Waals surface area (Å²) in [7, 11) is 0. The molecule has 2 rings (SSSR count). The van der Waals surface area contributed by atoms with Crippen LogP contribution in [0.25, 0.3) is 0 Å². The van der Waals surface area contributed by atoms with Crippen LogP contribution in [0.4, 0.5) is 5.69 Å². The van der Waals surface area contributed by atoms with Crippen LogP contribution in [-0.2, 0) is 4.74 Å². The molecular weight excluding hydrogens is 342 g/mol. The molecule has 0 fully saturated rings. The summed E-state index contributed by atoms with van der Waals surface area (Å²) in [6.07, 6.45) is 0. The van der Waals surface area contributed by atoms with E-state index in [2.05, 4.69) is 4.90 Å². The third-order valence-electron chi connectivity index (χ3n) is 4.15. The number of carbonyl (C=O) groups excluding carboxylic acids is 2. The Balaban J connectivity index is 2.40. The molecule has 0 aliphatic heterocycles. The van der Waals surface area contributed by atoms with Crippen LogP contribution in [0.15, 0.2) is 42.5 Å². The molecule has 0 aliphatic carbocycles. The van der Waals surface area contributed by atoms with Crippen LogP contribution in [0.1, 0.15) is 60.9 Å². The minimum absolute atomic E-state index is 0.108. The lowest BCUT2D eigenvalue weighted by Crippen LogP contribution is -2.25. The molecule has 0 amide bonds. The molecular formula is C22H27NO4. The lowest BCUT2D eigenvalue weighted by molar-refractivity contribution is 0.00679. The summed E-state index contributed by atoms with van der Waals surface area (Å²) in [6, 6.07) is 11.5. The topological polar surface area (TPSA) is 66.8 Å². The molecule has 0 saturated heterocycles. The SMILES string of the molecule is CCN(CC)c1ccc(C(=O)c2ccccc2C(=O)OC(C)(C)C)c(O)c1. The molecule has 2 aromatic rings. The Morgan fingerprint density at radius 2 is 1.56 bits per heavy atom. The summed E-state index contributed by atoms with van der Waals surface area (Å²) in [5.74, 6) is -1.09. The van der Waals surface area contributed by atoms with Gasteiger partial charge in [0, 0.05) is 30.4 Å². The Morgan fingerprint density at radius 1 is 0.963 bits per heavy atom. The number of benzene rings is 2. The Kier molecular flexibility index (Phi) is 6.26. The number of phenols is 1. The van der Waals surface area contributed by atoms with Crippen molar-refractivity contribution in [2.24, 2.45) is 0 Å². The fourth-order valence-electron chi connectivity index (χ4n) is 2.83. The first-order valence-electron chi connectivity index (χ1n) is 9.13. The number of esters is 1. The number of carbonyl (C=O) groups is 2. The molecule has 144 valence electrons. The quantitative estimate of drug-likeness (QED) is 0.603. The highest BCUT2D eigenvalue weighted by Crippen LogP contribution is 2.28. The maximum atomic E-state index is 13.0. The van der Waals surface area contributed by atoms with Gasteiger partial charge in [0.15, 0.2) is 5.78 Å². The van der Waals surface area contributed by atoms with Crippen molar-refractivity contribution in [2.45, 2.75) is 40.2 Å². The number of aromatic hydroxyl groups is 1. The molecule has 27 heavy (non-hydrogen) atoms. The summed E-state index contributed by atoms with van der Waals surface area (Å²) in [6.45, 7) is 11.0. The zero-order chi connectivity index (χ0) is 20.2. The van der Waals surface area contributed by atoms with Gasteiger partial charge in [-0.15, -0.1) is 0 Å². The van der Waals surface area contributed by atoms with Crippen LogP contribution in [-0.4, -0.2) is 35.5 Å². The maximum absolute atomic E-state index is 13.0. The average molecular weight is 369 g/mol. The van der Waals surface area contributed by atoms with Gasteiger partial charge in [-0.05, 0) is 52.8 Å². The molecule has 0 atom stereocenters. The van der Waals surface area contributed by atoms with E-state index >= 15 is 0 Å². The second kappa shape index (κ2) is 8.25. The second-order valence-electron chi connectivity index (χ2n) is 7.25. The van der Waals surface area contributed by atoms with E-state index in [9.17, 15) is 14.7 Å².